The molecule has 9 heteroatoms. The lowest BCUT2D eigenvalue weighted by Gasteiger charge is -2.21. The number of hydrogen-bond acceptors (Lipinski definition) is 5. The van der Waals surface area contributed by atoms with Crippen LogP contribution < -0.4 is 5.43 Å². The van der Waals surface area contributed by atoms with E-state index < -0.39 is 28.4 Å². The van der Waals surface area contributed by atoms with Gasteiger partial charge in [0.05, 0.1) is 23.2 Å². The van der Waals surface area contributed by atoms with Crippen molar-refractivity contribution >= 4 is 28.1 Å². The molecule has 0 aromatic heterocycles. The van der Waals surface area contributed by atoms with Crippen LogP contribution in [0.4, 0.5) is 0 Å². The van der Waals surface area contributed by atoms with E-state index in [1.54, 1.807) is 30.3 Å². The van der Waals surface area contributed by atoms with E-state index >= 15 is 0 Å². The zero-order valence-corrected chi connectivity index (χ0v) is 19.6. The normalized spacial score (nSPS) is 11.6. The molecule has 3 aromatic carbocycles. The first-order valence-corrected chi connectivity index (χ1v) is 11.9. The van der Waals surface area contributed by atoms with Crippen LogP contribution in [-0.2, 0) is 21.4 Å². The van der Waals surface area contributed by atoms with Crippen LogP contribution in [0.25, 0.3) is 0 Å². The second kappa shape index (κ2) is 10.9. The number of nitrogens with one attached hydrogen (secondary N) is 1. The average molecular weight is 480 g/mol. The molecule has 0 fully saturated rings. The van der Waals surface area contributed by atoms with Crippen molar-refractivity contribution in [3.63, 3.8) is 0 Å². The van der Waals surface area contributed by atoms with Crippen molar-refractivity contribution in [2.24, 2.45) is 5.10 Å². The van der Waals surface area contributed by atoms with E-state index in [-0.39, 0.29) is 17.0 Å². The summed E-state index contributed by atoms with van der Waals surface area (Å²) >= 11 is 0. The number of rotatable bonds is 9. The number of carboxylic acid groups (broad SMARTS) is 1. The number of aryl methyl sites for hydroxylation is 2. The van der Waals surface area contributed by atoms with Crippen LogP contribution in [0.3, 0.4) is 0 Å². The fourth-order valence-electron chi connectivity index (χ4n) is 3.16. The number of sulfonamides is 1. The number of hydrogen-bond donors (Lipinski definition) is 2. The van der Waals surface area contributed by atoms with Gasteiger partial charge in [0, 0.05) is 12.1 Å². The minimum absolute atomic E-state index is 0.00449. The van der Waals surface area contributed by atoms with Crippen molar-refractivity contribution in [2.75, 3.05) is 6.54 Å². The fourth-order valence-corrected chi connectivity index (χ4v) is 4.54. The SMILES string of the molecule is Cc1ccc(CN(CC(=O)N/N=C/c2ccccc2C(=O)O)S(=O)(=O)c2ccc(C)cc2)cc1. The maximum absolute atomic E-state index is 13.3. The smallest absolute Gasteiger partial charge is 0.336 e. The molecule has 0 saturated heterocycles. The Morgan fingerprint density at radius 3 is 2.15 bits per heavy atom. The van der Waals surface area contributed by atoms with Gasteiger partial charge in [-0.05, 0) is 37.6 Å². The van der Waals surface area contributed by atoms with E-state index in [0.29, 0.717) is 5.56 Å². The monoisotopic (exact) mass is 479 g/mol. The zero-order chi connectivity index (χ0) is 24.7. The molecule has 1 amide bonds. The second-order valence-corrected chi connectivity index (χ2v) is 9.70. The van der Waals surface area contributed by atoms with Crippen LogP contribution in [0.1, 0.15) is 32.6 Å². The number of hydrazone groups is 1. The van der Waals surface area contributed by atoms with Gasteiger partial charge in [-0.15, -0.1) is 0 Å². The van der Waals surface area contributed by atoms with E-state index in [9.17, 15) is 23.1 Å². The summed E-state index contributed by atoms with van der Waals surface area (Å²) in [7, 11) is -3.97. The van der Waals surface area contributed by atoms with Gasteiger partial charge in [-0.1, -0.05) is 65.7 Å². The van der Waals surface area contributed by atoms with Gasteiger partial charge in [0.15, 0.2) is 0 Å². The summed E-state index contributed by atoms with van der Waals surface area (Å²) in [4.78, 5) is 24.0. The van der Waals surface area contributed by atoms with Crippen molar-refractivity contribution in [1.82, 2.24) is 9.73 Å². The van der Waals surface area contributed by atoms with Crippen LogP contribution in [0.5, 0.6) is 0 Å². The Kier molecular flexibility index (Phi) is 7.93. The third kappa shape index (κ3) is 6.37. The zero-order valence-electron chi connectivity index (χ0n) is 18.8. The van der Waals surface area contributed by atoms with Crippen LogP contribution in [0.15, 0.2) is 82.8 Å². The molecule has 0 atom stereocenters. The van der Waals surface area contributed by atoms with Crippen molar-refractivity contribution in [2.45, 2.75) is 25.3 Å². The molecule has 0 aliphatic rings. The van der Waals surface area contributed by atoms with Gasteiger partial charge < -0.3 is 5.11 Å². The molecule has 3 aromatic rings. The van der Waals surface area contributed by atoms with E-state index in [0.717, 1.165) is 21.0 Å². The molecule has 8 nitrogen and oxygen atoms in total. The third-order valence-corrected chi connectivity index (χ3v) is 6.85. The van der Waals surface area contributed by atoms with Crippen molar-refractivity contribution in [3.05, 3.63) is 101 Å². The fraction of sp³-hybridized carbons (Fsp3) is 0.160. The van der Waals surface area contributed by atoms with Crippen LogP contribution >= 0.6 is 0 Å². The van der Waals surface area contributed by atoms with E-state index in [1.165, 1.54) is 24.4 Å². The van der Waals surface area contributed by atoms with E-state index in [4.69, 9.17) is 0 Å². The molecular formula is C25H25N3O5S. The molecule has 0 spiro atoms. The lowest BCUT2D eigenvalue weighted by molar-refractivity contribution is -0.121. The van der Waals surface area contributed by atoms with Crippen LogP contribution in [0.2, 0.25) is 0 Å². The summed E-state index contributed by atoms with van der Waals surface area (Å²) in [5.74, 6) is -1.78. The molecule has 0 aliphatic heterocycles. The molecule has 3 rings (SSSR count). The molecule has 0 saturated carbocycles. The topological polar surface area (TPSA) is 116 Å². The van der Waals surface area contributed by atoms with Gasteiger partial charge in [-0.2, -0.15) is 9.41 Å². The molecule has 0 unspecified atom stereocenters. The highest BCUT2D eigenvalue weighted by Gasteiger charge is 2.27. The van der Waals surface area contributed by atoms with Gasteiger partial charge in [-0.25, -0.2) is 18.6 Å². The number of benzene rings is 3. The molecular weight excluding hydrogens is 454 g/mol. The van der Waals surface area contributed by atoms with Gasteiger partial charge in [-0.3, -0.25) is 4.79 Å². The predicted octanol–water partition coefficient (Wildman–Crippen LogP) is 3.34. The number of carboxylic acids is 1. The number of nitrogens with zero attached hydrogens (tertiary/aromatic N) is 2. The maximum atomic E-state index is 13.3. The molecule has 0 radical (unpaired) electrons. The predicted molar refractivity (Wildman–Crippen MR) is 129 cm³/mol. The van der Waals surface area contributed by atoms with Crippen molar-refractivity contribution in [1.29, 1.82) is 0 Å². The molecule has 2 N–H and O–H groups in total. The van der Waals surface area contributed by atoms with Gasteiger partial charge in [0.25, 0.3) is 5.91 Å². The van der Waals surface area contributed by atoms with E-state index in [2.05, 4.69) is 10.5 Å². The number of aromatic carboxylic acids is 1. The Balaban J connectivity index is 1.80. The summed E-state index contributed by atoms with van der Waals surface area (Å²) in [6, 6.07) is 20.0. The third-order valence-electron chi connectivity index (χ3n) is 5.04. The Labute approximate surface area is 198 Å². The second-order valence-electron chi connectivity index (χ2n) is 7.76. The standard InChI is InChI=1S/C25H25N3O5S/c1-18-7-11-20(12-8-18)16-28(34(32,33)22-13-9-19(2)10-14-22)17-24(29)27-26-15-21-5-3-4-6-23(21)25(30)31/h3-15H,16-17H2,1-2H3,(H,27,29)(H,30,31)/b26-15+. The first-order chi connectivity index (χ1) is 16.2. The maximum Gasteiger partial charge on any atom is 0.336 e. The van der Waals surface area contributed by atoms with Crippen molar-refractivity contribution in [3.8, 4) is 0 Å². The Bertz CT molecular complexity index is 1300. The summed E-state index contributed by atoms with van der Waals surface area (Å²) in [5, 5.41) is 13.1. The average Bonchev–Trinajstić information content (AvgIpc) is 2.80. The largest absolute Gasteiger partial charge is 0.478 e. The number of amides is 1. The van der Waals surface area contributed by atoms with Gasteiger partial charge in [0.2, 0.25) is 10.0 Å². The minimum atomic E-state index is -3.97. The highest BCUT2D eigenvalue weighted by molar-refractivity contribution is 7.89. The summed E-state index contributed by atoms with van der Waals surface area (Å²) in [6.45, 7) is 3.31. The first-order valence-electron chi connectivity index (χ1n) is 10.4. The van der Waals surface area contributed by atoms with E-state index in [1.807, 2.05) is 38.1 Å². The van der Waals surface area contributed by atoms with Gasteiger partial charge in [0.1, 0.15) is 0 Å². The summed E-state index contributed by atoms with van der Waals surface area (Å²) in [5.41, 5.74) is 5.30. The Hall–Kier alpha value is -3.82. The number of carbonyl (C=O) groups excluding carboxylic acids is 1. The Morgan fingerprint density at radius 2 is 1.53 bits per heavy atom. The molecule has 0 bridgehead atoms. The molecule has 0 heterocycles. The summed E-state index contributed by atoms with van der Waals surface area (Å²) in [6.07, 6.45) is 1.21. The molecule has 176 valence electrons. The minimum Gasteiger partial charge on any atom is -0.478 e. The van der Waals surface area contributed by atoms with Crippen LogP contribution in [0, 0.1) is 13.8 Å². The van der Waals surface area contributed by atoms with Crippen molar-refractivity contribution < 1.29 is 23.1 Å². The lowest BCUT2D eigenvalue weighted by Crippen LogP contribution is -2.39. The first kappa shape index (κ1) is 24.8. The highest BCUT2D eigenvalue weighted by Crippen LogP contribution is 2.19. The Morgan fingerprint density at radius 1 is 0.941 bits per heavy atom. The molecule has 0 aliphatic carbocycles. The summed E-state index contributed by atoms with van der Waals surface area (Å²) < 4.78 is 27.7. The van der Waals surface area contributed by atoms with Gasteiger partial charge >= 0.3 is 5.97 Å². The highest BCUT2D eigenvalue weighted by atomic mass is 32.2. The molecule has 34 heavy (non-hydrogen) atoms. The van der Waals surface area contributed by atoms with Crippen LogP contribution in [-0.4, -0.2) is 42.5 Å². The quantitative estimate of drug-likeness (QED) is 0.361. The number of carbonyl (C=O) groups is 2. The lowest BCUT2D eigenvalue weighted by atomic mass is 10.1.